The molecule has 0 bridgehead atoms. The Labute approximate surface area is 134 Å². The zero-order valence-corrected chi connectivity index (χ0v) is 13.2. The summed E-state index contributed by atoms with van der Waals surface area (Å²) in [4.78, 5) is 12.3. The number of nitrogens with one attached hydrogen (secondary N) is 1. The molecule has 3 aromatic rings. The molecule has 1 aromatic heterocycles. The minimum absolute atomic E-state index is 0.0750. The summed E-state index contributed by atoms with van der Waals surface area (Å²) in [5.41, 5.74) is -0.684. The molecule has 0 spiro atoms. The van der Waals surface area contributed by atoms with Gasteiger partial charge in [0.05, 0.1) is 6.54 Å². The summed E-state index contributed by atoms with van der Waals surface area (Å²) in [7, 11) is 0. The third kappa shape index (κ3) is 3.27. The molecule has 0 aliphatic heterocycles. The van der Waals surface area contributed by atoms with Crippen LogP contribution >= 0.6 is 0 Å². The number of hydrogen-bond acceptors (Lipinski definition) is 3. The van der Waals surface area contributed by atoms with Crippen molar-refractivity contribution >= 4 is 16.7 Å². The number of fused-ring (bicyclic) bond motifs is 1. The number of benzene rings is 2. The van der Waals surface area contributed by atoms with Crippen LogP contribution in [0.2, 0.25) is 0 Å². The number of furan rings is 1. The van der Waals surface area contributed by atoms with Crippen LogP contribution in [0.5, 0.6) is 0 Å². The van der Waals surface area contributed by atoms with Crippen LogP contribution in [0.1, 0.15) is 28.8 Å². The number of carbonyl (C=O) groups excluding carboxylic acids is 1. The molecule has 1 unspecified atom stereocenters. The van der Waals surface area contributed by atoms with E-state index in [4.69, 9.17) is 4.42 Å². The quantitative estimate of drug-likeness (QED) is 0.776. The van der Waals surface area contributed by atoms with Crippen LogP contribution in [0.15, 0.2) is 59.0 Å². The van der Waals surface area contributed by atoms with Crippen LogP contribution < -0.4 is 5.32 Å². The first-order chi connectivity index (χ1) is 11.0. The molecule has 4 nitrogen and oxygen atoms in total. The lowest BCUT2D eigenvalue weighted by molar-refractivity contribution is 0.0323. The molecule has 118 valence electrons. The van der Waals surface area contributed by atoms with E-state index in [1.807, 2.05) is 43.3 Å². The summed E-state index contributed by atoms with van der Waals surface area (Å²) >= 11 is 0. The molecular formula is C19H19NO3. The predicted octanol–water partition coefficient (Wildman–Crippen LogP) is 3.38. The number of aliphatic hydroxyl groups is 1. The second-order valence-electron chi connectivity index (χ2n) is 5.93. The van der Waals surface area contributed by atoms with Gasteiger partial charge in [-0.25, -0.2) is 0 Å². The summed E-state index contributed by atoms with van der Waals surface area (Å²) in [6, 6.07) is 16.9. The molecule has 1 atom stereocenters. The third-order valence-electron chi connectivity index (χ3n) is 3.88. The Morgan fingerprint density at radius 1 is 1.13 bits per heavy atom. The molecule has 0 aliphatic rings. The van der Waals surface area contributed by atoms with E-state index >= 15 is 0 Å². The fourth-order valence-electron chi connectivity index (χ4n) is 2.50. The second-order valence-corrected chi connectivity index (χ2v) is 5.93. The van der Waals surface area contributed by atoms with Crippen molar-refractivity contribution in [3.05, 3.63) is 71.7 Å². The lowest BCUT2D eigenvalue weighted by atomic mass is 10.0. The Balaban J connectivity index is 1.73. The van der Waals surface area contributed by atoms with Crippen LogP contribution in [0.3, 0.4) is 0 Å². The Morgan fingerprint density at radius 3 is 2.57 bits per heavy atom. The smallest absolute Gasteiger partial charge is 0.251 e. The second kappa shape index (κ2) is 5.89. The van der Waals surface area contributed by atoms with Gasteiger partial charge in [-0.15, -0.1) is 0 Å². The van der Waals surface area contributed by atoms with E-state index in [-0.39, 0.29) is 12.5 Å². The fraction of sp³-hybridized carbons (Fsp3) is 0.211. The maximum absolute atomic E-state index is 12.3. The molecular weight excluding hydrogens is 290 g/mol. The Hall–Kier alpha value is -2.59. The molecule has 0 aliphatic carbocycles. The Morgan fingerprint density at radius 2 is 1.87 bits per heavy atom. The van der Waals surface area contributed by atoms with E-state index in [9.17, 15) is 9.90 Å². The van der Waals surface area contributed by atoms with Crippen LogP contribution in [0.25, 0.3) is 10.8 Å². The Bertz CT molecular complexity index is 848. The largest absolute Gasteiger partial charge is 0.463 e. The van der Waals surface area contributed by atoms with Gasteiger partial charge in [0.15, 0.2) is 0 Å². The average molecular weight is 309 g/mol. The number of aryl methyl sites for hydroxylation is 1. The first-order valence-corrected chi connectivity index (χ1v) is 7.52. The number of carbonyl (C=O) groups is 1. The first kappa shape index (κ1) is 15.3. The molecule has 3 rings (SSSR count). The van der Waals surface area contributed by atoms with E-state index < -0.39 is 5.60 Å². The van der Waals surface area contributed by atoms with Crippen LogP contribution in [0, 0.1) is 6.92 Å². The van der Waals surface area contributed by atoms with E-state index in [0.717, 1.165) is 16.5 Å². The topological polar surface area (TPSA) is 62.5 Å². The van der Waals surface area contributed by atoms with E-state index in [1.54, 1.807) is 25.1 Å². The van der Waals surface area contributed by atoms with Crippen LogP contribution in [0.4, 0.5) is 0 Å². The van der Waals surface area contributed by atoms with Gasteiger partial charge in [0.25, 0.3) is 5.91 Å². The predicted molar refractivity (Wildman–Crippen MR) is 89.3 cm³/mol. The zero-order valence-electron chi connectivity index (χ0n) is 13.2. The maximum Gasteiger partial charge on any atom is 0.251 e. The monoisotopic (exact) mass is 309 g/mol. The average Bonchev–Trinajstić information content (AvgIpc) is 2.99. The lowest BCUT2D eigenvalue weighted by Gasteiger charge is -2.21. The molecule has 2 aromatic carbocycles. The number of hydrogen-bond donors (Lipinski definition) is 2. The Kier molecular flexibility index (Phi) is 3.92. The van der Waals surface area contributed by atoms with Crippen molar-refractivity contribution in [2.24, 2.45) is 0 Å². The van der Waals surface area contributed by atoms with Gasteiger partial charge < -0.3 is 14.8 Å². The maximum atomic E-state index is 12.3. The van der Waals surface area contributed by atoms with Crippen molar-refractivity contribution in [2.75, 3.05) is 6.54 Å². The van der Waals surface area contributed by atoms with Crippen molar-refractivity contribution in [3.8, 4) is 0 Å². The van der Waals surface area contributed by atoms with Crippen molar-refractivity contribution in [1.82, 2.24) is 5.32 Å². The van der Waals surface area contributed by atoms with E-state index in [2.05, 4.69) is 5.32 Å². The van der Waals surface area contributed by atoms with E-state index in [0.29, 0.717) is 11.3 Å². The molecule has 0 fully saturated rings. The standard InChI is InChI=1S/C19H19NO3/c1-13-7-10-17(23-13)19(2,22)12-20-18(21)16-9-8-14-5-3-4-6-15(14)11-16/h3-11,22H,12H2,1-2H3,(H,20,21). The molecule has 23 heavy (non-hydrogen) atoms. The highest BCUT2D eigenvalue weighted by Crippen LogP contribution is 2.22. The van der Waals surface area contributed by atoms with Gasteiger partial charge in [0, 0.05) is 5.56 Å². The molecule has 0 saturated heterocycles. The molecule has 1 amide bonds. The summed E-state index contributed by atoms with van der Waals surface area (Å²) in [6.45, 7) is 3.50. The van der Waals surface area contributed by atoms with Gasteiger partial charge in [0.2, 0.25) is 0 Å². The van der Waals surface area contributed by atoms with E-state index in [1.165, 1.54) is 0 Å². The van der Waals surface area contributed by atoms with Crippen molar-refractivity contribution in [1.29, 1.82) is 0 Å². The number of amides is 1. The SMILES string of the molecule is Cc1ccc(C(C)(O)CNC(=O)c2ccc3ccccc3c2)o1. The first-order valence-electron chi connectivity index (χ1n) is 7.52. The highest BCUT2D eigenvalue weighted by Gasteiger charge is 2.27. The lowest BCUT2D eigenvalue weighted by Crippen LogP contribution is -2.38. The minimum atomic E-state index is -1.25. The minimum Gasteiger partial charge on any atom is -0.463 e. The third-order valence-corrected chi connectivity index (χ3v) is 3.88. The van der Waals surface area contributed by atoms with Crippen molar-refractivity contribution in [3.63, 3.8) is 0 Å². The van der Waals surface area contributed by atoms with Gasteiger partial charge >= 0.3 is 0 Å². The zero-order chi connectivity index (χ0) is 16.4. The molecule has 1 heterocycles. The van der Waals surface area contributed by atoms with Gasteiger partial charge in [-0.3, -0.25) is 4.79 Å². The molecule has 0 radical (unpaired) electrons. The summed E-state index contributed by atoms with van der Waals surface area (Å²) < 4.78 is 5.44. The van der Waals surface area contributed by atoms with Gasteiger partial charge in [-0.1, -0.05) is 30.3 Å². The van der Waals surface area contributed by atoms with Crippen molar-refractivity contribution < 1.29 is 14.3 Å². The van der Waals surface area contributed by atoms with Gasteiger partial charge in [-0.05, 0) is 48.9 Å². The normalized spacial score (nSPS) is 13.7. The summed E-state index contributed by atoms with van der Waals surface area (Å²) in [6.07, 6.45) is 0. The van der Waals surface area contributed by atoms with Crippen LogP contribution in [-0.4, -0.2) is 17.6 Å². The van der Waals surface area contributed by atoms with Gasteiger partial charge in [0.1, 0.15) is 17.1 Å². The van der Waals surface area contributed by atoms with Gasteiger partial charge in [-0.2, -0.15) is 0 Å². The molecule has 2 N–H and O–H groups in total. The van der Waals surface area contributed by atoms with Crippen LogP contribution in [-0.2, 0) is 5.60 Å². The van der Waals surface area contributed by atoms with Crippen molar-refractivity contribution in [2.45, 2.75) is 19.4 Å². The highest BCUT2D eigenvalue weighted by atomic mass is 16.4. The number of rotatable bonds is 4. The molecule has 4 heteroatoms. The fourth-order valence-corrected chi connectivity index (χ4v) is 2.50. The highest BCUT2D eigenvalue weighted by molar-refractivity contribution is 5.98. The summed E-state index contributed by atoms with van der Waals surface area (Å²) in [5.74, 6) is 0.939. The molecule has 0 saturated carbocycles. The summed E-state index contributed by atoms with van der Waals surface area (Å²) in [5, 5.41) is 15.3.